The van der Waals surface area contributed by atoms with Gasteiger partial charge in [0.15, 0.2) is 0 Å². The van der Waals surface area contributed by atoms with Crippen LogP contribution in [0.15, 0.2) is 70.3 Å². The Balaban J connectivity index is 1.50. The monoisotopic (exact) mass is 353 g/mol. The van der Waals surface area contributed by atoms with Gasteiger partial charge in [-0.05, 0) is 18.1 Å². The van der Waals surface area contributed by atoms with Gasteiger partial charge in [-0.2, -0.15) is 0 Å². The predicted octanol–water partition coefficient (Wildman–Crippen LogP) is 3.46. The van der Waals surface area contributed by atoms with E-state index in [1.54, 1.807) is 0 Å². The van der Waals surface area contributed by atoms with Gasteiger partial charge in [-0.25, -0.2) is 0 Å². The van der Waals surface area contributed by atoms with Gasteiger partial charge in [0.05, 0.1) is 11.7 Å². The fraction of sp³-hybridized carbons (Fsp3) is 0.211. The van der Waals surface area contributed by atoms with Crippen LogP contribution in [-0.2, 0) is 17.8 Å². The fourth-order valence-electron chi connectivity index (χ4n) is 2.26. The van der Waals surface area contributed by atoms with Crippen molar-refractivity contribution in [1.29, 1.82) is 0 Å². The highest BCUT2D eigenvalue weighted by Gasteiger charge is 2.18. The number of nitrogens with zero attached hydrogens (tertiary/aromatic N) is 2. The molecule has 0 saturated heterocycles. The van der Waals surface area contributed by atoms with E-state index in [1.807, 2.05) is 67.6 Å². The summed E-state index contributed by atoms with van der Waals surface area (Å²) in [6.45, 7) is 2.33. The van der Waals surface area contributed by atoms with Crippen molar-refractivity contribution in [2.45, 2.75) is 30.4 Å². The van der Waals surface area contributed by atoms with Gasteiger partial charge in [0.2, 0.25) is 11.8 Å². The summed E-state index contributed by atoms with van der Waals surface area (Å²) in [5, 5.41) is 11.1. The average Bonchev–Trinajstić information content (AvgIpc) is 3.08. The van der Waals surface area contributed by atoms with Gasteiger partial charge in [-0.1, -0.05) is 72.4 Å². The molecule has 1 heterocycles. The summed E-state index contributed by atoms with van der Waals surface area (Å²) in [7, 11) is 0. The fourth-order valence-corrected chi connectivity index (χ4v) is 2.99. The molecule has 0 radical (unpaired) electrons. The van der Waals surface area contributed by atoms with Crippen molar-refractivity contribution in [2.75, 3.05) is 0 Å². The second-order valence-corrected chi connectivity index (χ2v) is 6.88. The van der Waals surface area contributed by atoms with Crippen LogP contribution in [0.4, 0.5) is 0 Å². The number of nitrogens with one attached hydrogen (secondary N) is 1. The summed E-state index contributed by atoms with van der Waals surface area (Å²) in [6.07, 6.45) is 0.586. The molecule has 2 aromatic carbocycles. The topological polar surface area (TPSA) is 68.0 Å². The van der Waals surface area contributed by atoms with Gasteiger partial charge in [-0.3, -0.25) is 4.79 Å². The number of carbonyl (C=O) groups excluding carboxylic acids is 1. The normalized spacial score (nSPS) is 11.9. The summed E-state index contributed by atoms with van der Waals surface area (Å²) >= 11 is 1.27. The van der Waals surface area contributed by atoms with Crippen LogP contribution in [0.1, 0.15) is 23.9 Å². The van der Waals surface area contributed by atoms with E-state index in [9.17, 15) is 4.79 Å². The van der Waals surface area contributed by atoms with E-state index in [0.29, 0.717) is 24.1 Å². The van der Waals surface area contributed by atoms with E-state index < -0.39 is 0 Å². The van der Waals surface area contributed by atoms with Crippen molar-refractivity contribution in [1.82, 2.24) is 15.5 Å². The first kappa shape index (κ1) is 17.2. The van der Waals surface area contributed by atoms with E-state index in [1.165, 1.54) is 11.8 Å². The summed E-state index contributed by atoms with van der Waals surface area (Å²) < 4.78 is 5.63. The Hall–Kier alpha value is -2.60. The summed E-state index contributed by atoms with van der Waals surface area (Å²) in [5.74, 6) is 0.488. The SMILES string of the molecule is C[C@H](Sc1nnc(Cc2ccccc2)o1)C(=O)NCc1ccccc1. The van der Waals surface area contributed by atoms with Gasteiger partial charge in [0.1, 0.15) is 0 Å². The maximum atomic E-state index is 12.2. The van der Waals surface area contributed by atoms with Crippen molar-refractivity contribution in [2.24, 2.45) is 0 Å². The average molecular weight is 353 g/mol. The molecule has 0 spiro atoms. The van der Waals surface area contributed by atoms with Crippen LogP contribution in [0, 0.1) is 0 Å². The van der Waals surface area contributed by atoms with E-state index in [-0.39, 0.29) is 11.2 Å². The van der Waals surface area contributed by atoms with Crippen LogP contribution in [0.5, 0.6) is 0 Å². The second-order valence-electron chi connectivity index (χ2n) is 5.59. The van der Waals surface area contributed by atoms with Crippen LogP contribution < -0.4 is 5.32 Å². The third-order valence-electron chi connectivity index (χ3n) is 3.60. The van der Waals surface area contributed by atoms with E-state index in [2.05, 4.69) is 15.5 Å². The molecular formula is C19H19N3O2S. The van der Waals surface area contributed by atoms with Gasteiger partial charge in [0.25, 0.3) is 5.22 Å². The molecule has 0 bridgehead atoms. The molecule has 0 aliphatic carbocycles. The van der Waals surface area contributed by atoms with Gasteiger partial charge >= 0.3 is 0 Å². The zero-order valence-corrected chi connectivity index (χ0v) is 14.7. The van der Waals surface area contributed by atoms with E-state index >= 15 is 0 Å². The number of carbonyl (C=O) groups is 1. The molecule has 1 amide bonds. The number of amides is 1. The Labute approximate surface area is 150 Å². The summed E-state index contributed by atoms with van der Waals surface area (Å²) in [4.78, 5) is 12.2. The van der Waals surface area contributed by atoms with Crippen molar-refractivity contribution in [3.8, 4) is 0 Å². The molecule has 128 valence electrons. The van der Waals surface area contributed by atoms with Crippen LogP contribution >= 0.6 is 11.8 Å². The second kappa shape index (κ2) is 8.48. The number of aromatic nitrogens is 2. The molecule has 0 unspecified atom stereocenters. The number of hydrogen-bond acceptors (Lipinski definition) is 5. The summed E-state index contributed by atoms with van der Waals surface area (Å²) in [5.41, 5.74) is 2.17. The molecule has 0 aliphatic heterocycles. The Kier molecular flexibility index (Phi) is 5.85. The number of benzene rings is 2. The number of rotatable bonds is 7. The molecule has 1 N–H and O–H groups in total. The largest absolute Gasteiger partial charge is 0.416 e. The highest BCUT2D eigenvalue weighted by Crippen LogP contribution is 2.22. The lowest BCUT2D eigenvalue weighted by Gasteiger charge is -2.09. The Morgan fingerprint density at radius 2 is 1.68 bits per heavy atom. The zero-order chi connectivity index (χ0) is 17.5. The van der Waals surface area contributed by atoms with E-state index in [0.717, 1.165) is 11.1 Å². The van der Waals surface area contributed by atoms with Gasteiger partial charge in [-0.15, -0.1) is 10.2 Å². The first-order chi connectivity index (χ1) is 12.2. The van der Waals surface area contributed by atoms with Crippen molar-refractivity contribution >= 4 is 17.7 Å². The Bertz CT molecular complexity index is 806. The third kappa shape index (κ3) is 5.19. The quantitative estimate of drug-likeness (QED) is 0.659. The lowest BCUT2D eigenvalue weighted by atomic mass is 10.2. The smallest absolute Gasteiger partial charge is 0.277 e. The molecule has 0 aliphatic rings. The molecule has 0 fully saturated rings. The van der Waals surface area contributed by atoms with Gasteiger partial charge in [0, 0.05) is 6.54 Å². The standard InChI is InChI=1S/C19H19N3O2S/c1-14(18(23)20-13-16-10-6-3-7-11-16)25-19-22-21-17(24-19)12-15-8-4-2-5-9-15/h2-11,14H,12-13H2,1H3,(H,20,23)/t14-/m0/s1. The zero-order valence-electron chi connectivity index (χ0n) is 13.9. The Morgan fingerprint density at radius 3 is 2.36 bits per heavy atom. The molecule has 3 rings (SSSR count). The maximum Gasteiger partial charge on any atom is 0.277 e. The van der Waals surface area contributed by atoms with Crippen LogP contribution in [0.2, 0.25) is 0 Å². The number of hydrogen-bond donors (Lipinski definition) is 1. The van der Waals surface area contributed by atoms with Crippen LogP contribution in [0.3, 0.4) is 0 Å². The molecule has 5 nitrogen and oxygen atoms in total. The minimum Gasteiger partial charge on any atom is -0.416 e. The maximum absolute atomic E-state index is 12.2. The number of thioether (sulfide) groups is 1. The third-order valence-corrected chi connectivity index (χ3v) is 4.54. The van der Waals surface area contributed by atoms with Crippen LogP contribution in [-0.4, -0.2) is 21.4 Å². The molecular weight excluding hydrogens is 334 g/mol. The first-order valence-electron chi connectivity index (χ1n) is 8.05. The lowest BCUT2D eigenvalue weighted by Crippen LogP contribution is -2.30. The van der Waals surface area contributed by atoms with Crippen molar-refractivity contribution < 1.29 is 9.21 Å². The molecule has 1 aromatic heterocycles. The lowest BCUT2D eigenvalue weighted by molar-refractivity contribution is -0.120. The van der Waals surface area contributed by atoms with Crippen molar-refractivity contribution in [3.63, 3.8) is 0 Å². The minimum atomic E-state index is -0.311. The highest BCUT2D eigenvalue weighted by molar-refractivity contribution is 8.00. The summed E-state index contributed by atoms with van der Waals surface area (Å²) in [6, 6.07) is 19.7. The van der Waals surface area contributed by atoms with E-state index in [4.69, 9.17) is 4.42 Å². The molecule has 3 aromatic rings. The van der Waals surface area contributed by atoms with Crippen molar-refractivity contribution in [3.05, 3.63) is 77.7 Å². The Morgan fingerprint density at radius 1 is 1.04 bits per heavy atom. The molecule has 0 saturated carbocycles. The van der Waals surface area contributed by atoms with Gasteiger partial charge < -0.3 is 9.73 Å². The molecule has 1 atom stereocenters. The first-order valence-corrected chi connectivity index (χ1v) is 8.93. The molecule has 6 heteroatoms. The van der Waals surface area contributed by atoms with Crippen LogP contribution in [0.25, 0.3) is 0 Å². The molecule has 25 heavy (non-hydrogen) atoms. The highest BCUT2D eigenvalue weighted by atomic mass is 32.2. The minimum absolute atomic E-state index is 0.0586. The predicted molar refractivity (Wildman–Crippen MR) is 97.2 cm³/mol.